The average molecular weight is 243 g/mol. The van der Waals surface area contributed by atoms with Gasteiger partial charge in [-0.3, -0.25) is 0 Å². The number of nitrogens with two attached hydrogens (primary N) is 1. The van der Waals surface area contributed by atoms with Gasteiger partial charge in [-0.2, -0.15) is 0 Å². The monoisotopic (exact) mass is 242 g/mol. The molecule has 0 spiro atoms. The highest BCUT2D eigenvalue weighted by Gasteiger charge is 2.26. The normalized spacial score (nSPS) is 18.8. The first kappa shape index (κ1) is 12.6. The molecule has 0 aromatic heterocycles. The lowest BCUT2D eigenvalue weighted by Gasteiger charge is -2.10. The molecule has 0 saturated heterocycles. The molecule has 0 aliphatic heterocycles. The first-order chi connectivity index (χ1) is 7.26. The van der Waals surface area contributed by atoms with Crippen LogP contribution in [0.1, 0.15) is 23.5 Å². The van der Waals surface area contributed by atoms with Crippen LogP contribution in [0.5, 0.6) is 5.75 Å². The second kappa shape index (κ2) is 5.07. The van der Waals surface area contributed by atoms with Crippen molar-refractivity contribution in [3.05, 3.63) is 29.3 Å². The van der Waals surface area contributed by atoms with Crippen LogP contribution >= 0.6 is 12.4 Å². The van der Waals surface area contributed by atoms with Gasteiger partial charge in [-0.15, -0.1) is 12.4 Å². The molecule has 16 heavy (non-hydrogen) atoms. The Hall–Kier alpha value is -1.42. The Morgan fingerprint density at radius 2 is 2.31 bits per heavy atom. The summed E-state index contributed by atoms with van der Waals surface area (Å²) in [6.45, 7) is 0. The number of oxime groups is 1. The van der Waals surface area contributed by atoms with Crippen molar-refractivity contribution < 1.29 is 9.94 Å². The number of fused-ring (bicyclic) bond motifs is 1. The molecule has 3 N–H and O–H groups in total. The van der Waals surface area contributed by atoms with Gasteiger partial charge in [-0.05, 0) is 36.1 Å². The Morgan fingerprint density at radius 1 is 1.56 bits per heavy atom. The predicted molar refractivity (Wildman–Crippen MR) is 64.7 cm³/mol. The number of hydrogen-bond donors (Lipinski definition) is 2. The van der Waals surface area contributed by atoms with E-state index in [0.29, 0.717) is 0 Å². The zero-order chi connectivity index (χ0) is 10.8. The molecule has 0 radical (unpaired) electrons. The smallest absolute Gasteiger partial charge is 0.146 e. The Kier molecular flexibility index (Phi) is 4.01. The van der Waals surface area contributed by atoms with Crippen LogP contribution in [0.2, 0.25) is 0 Å². The number of nitrogens with zero attached hydrogens (tertiary/aromatic N) is 1. The number of hydrogen-bond acceptors (Lipinski definition) is 3. The summed E-state index contributed by atoms with van der Waals surface area (Å²) in [5.41, 5.74) is 8.02. The van der Waals surface area contributed by atoms with Crippen LogP contribution < -0.4 is 10.5 Å². The van der Waals surface area contributed by atoms with Gasteiger partial charge in [0.15, 0.2) is 0 Å². The third-order valence-corrected chi connectivity index (χ3v) is 2.90. The number of methoxy groups -OCH3 is 1. The first-order valence-corrected chi connectivity index (χ1v) is 4.90. The van der Waals surface area contributed by atoms with Gasteiger partial charge in [0.1, 0.15) is 11.6 Å². The number of ether oxygens (including phenoxy) is 1. The van der Waals surface area contributed by atoms with E-state index in [4.69, 9.17) is 15.7 Å². The molecule has 1 aliphatic carbocycles. The molecule has 0 bridgehead atoms. The maximum Gasteiger partial charge on any atom is 0.146 e. The van der Waals surface area contributed by atoms with Gasteiger partial charge in [0.25, 0.3) is 0 Å². The minimum Gasteiger partial charge on any atom is -0.497 e. The van der Waals surface area contributed by atoms with Crippen LogP contribution in [0.25, 0.3) is 0 Å². The average Bonchev–Trinajstić information content (AvgIpc) is 2.70. The van der Waals surface area contributed by atoms with Gasteiger partial charge >= 0.3 is 0 Å². The SMILES string of the molecule is COc1ccc2c(c1)C(C(N)=NO)CC2.Cl. The van der Waals surface area contributed by atoms with Crippen LogP contribution in [-0.2, 0) is 6.42 Å². The summed E-state index contributed by atoms with van der Waals surface area (Å²) in [5, 5.41) is 11.8. The molecule has 1 unspecified atom stereocenters. The molecule has 0 fully saturated rings. The summed E-state index contributed by atoms with van der Waals surface area (Å²) in [6, 6.07) is 5.94. The third-order valence-electron chi connectivity index (χ3n) is 2.90. The van der Waals surface area contributed by atoms with Gasteiger partial charge in [0, 0.05) is 5.92 Å². The minimum atomic E-state index is 0. The molecule has 4 nitrogen and oxygen atoms in total. The van der Waals surface area contributed by atoms with Gasteiger partial charge in [0.05, 0.1) is 7.11 Å². The lowest BCUT2D eigenvalue weighted by molar-refractivity contribution is 0.316. The van der Waals surface area contributed by atoms with E-state index in [1.165, 1.54) is 5.56 Å². The van der Waals surface area contributed by atoms with E-state index < -0.39 is 0 Å². The van der Waals surface area contributed by atoms with Crippen molar-refractivity contribution in [2.75, 3.05) is 7.11 Å². The van der Waals surface area contributed by atoms with Crippen LogP contribution in [0, 0.1) is 0 Å². The number of halogens is 1. The van der Waals surface area contributed by atoms with Gasteiger partial charge in [0.2, 0.25) is 0 Å². The summed E-state index contributed by atoms with van der Waals surface area (Å²) in [5.74, 6) is 1.12. The highest BCUT2D eigenvalue weighted by atomic mass is 35.5. The standard InChI is InChI=1S/C11H14N2O2.ClH/c1-15-8-4-2-7-3-5-9(10(7)6-8)11(12)13-14;/h2,4,6,9,14H,3,5H2,1H3,(H2,12,13);1H. The minimum absolute atomic E-state index is 0. The predicted octanol–water partition coefficient (Wildman–Crippen LogP) is 1.89. The molecule has 1 aliphatic rings. The molecular formula is C11H15ClN2O2. The van der Waals surface area contributed by atoms with Crippen LogP contribution in [0.3, 0.4) is 0 Å². The van der Waals surface area contributed by atoms with Crippen molar-refractivity contribution in [3.8, 4) is 5.75 Å². The summed E-state index contributed by atoms with van der Waals surface area (Å²) in [7, 11) is 1.63. The molecule has 88 valence electrons. The second-order valence-corrected chi connectivity index (χ2v) is 3.68. The van der Waals surface area contributed by atoms with E-state index in [1.54, 1.807) is 7.11 Å². The van der Waals surface area contributed by atoms with E-state index in [1.807, 2.05) is 18.2 Å². The van der Waals surface area contributed by atoms with Crippen molar-refractivity contribution in [1.82, 2.24) is 0 Å². The molecule has 1 aromatic rings. The van der Waals surface area contributed by atoms with Crippen molar-refractivity contribution in [2.45, 2.75) is 18.8 Å². The maximum absolute atomic E-state index is 8.68. The number of benzene rings is 1. The number of rotatable bonds is 2. The highest BCUT2D eigenvalue weighted by Crippen LogP contribution is 2.35. The highest BCUT2D eigenvalue weighted by molar-refractivity contribution is 5.88. The Labute approximate surface area is 101 Å². The zero-order valence-electron chi connectivity index (χ0n) is 9.01. The van der Waals surface area contributed by atoms with E-state index in [2.05, 4.69) is 5.16 Å². The third kappa shape index (κ3) is 2.07. The van der Waals surface area contributed by atoms with Crippen LogP contribution in [-0.4, -0.2) is 18.2 Å². The fraction of sp³-hybridized carbons (Fsp3) is 0.364. The molecule has 5 heteroatoms. The lowest BCUT2D eigenvalue weighted by atomic mass is 10.0. The molecule has 0 heterocycles. The molecule has 1 atom stereocenters. The maximum atomic E-state index is 8.68. The summed E-state index contributed by atoms with van der Waals surface area (Å²) < 4.78 is 5.16. The van der Waals surface area contributed by atoms with Gasteiger partial charge in [-0.1, -0.05) is 11.2 Å². The number of aryl methyl sites for hydroxylation is 1. The topological polar surface area (TPSA) is 67.8 Å². The molecule has 0 saturated carbocycles. The summed E-state index contributed by atoms with van der Waals surface area (Å²) in [6.07, 6.45) is 1.87. The molecule has 1 aromatic carbocycles. The summed E-state index contributed by atoms with van der Waals surface area (Å²) >= 11 is 0. The van der Waals surface area contributed by atoms with Crippen molar-refractivity contribution >= 4 is 18.2 Å². The fourth-order valence-corrected chi connectivity index (χ4v) is 2.08. The van der Waals surface area contributed by atoms with Crippen molar-refractivity contribution in [2.24, 2.45) is 10.9 Å². The Balaban J connectivity index is 0.00000128. The van der Waals surface area contributed by atoms with Crippen LogP contribution in [0.4, 0.5) is 0 Å². The zero-order valence-corrected chi connectivity index (χ0v) is 9.83. The Morgan fingerprint density at radius 3 is 2.94 bits per heavy atom. The van der Waals surface area contributed by atoms with Gasteiger partial charge in [-0.25, -0.2) is 0 Å². The second-order valence-electron chi connectivity index (χ2n) is 3.68. The van der Waals surface area contributed by atoms with Crippen LogP contribution in [0.15, 0.2) is 23.4 Å². The molecule has 0 amide bonds. The fourth-order valence-electron chi connectivity index (χ4n) is 2.08. The molecule has 2 rings (SSSR count). The first-order valence-electron chi connectivity index (χ1n) is 4.90. The molecular weight excluding hydrogens is 228 g/mol. The quantitative estimate of drug-likeness (QED) is 0.360. The summed E-state index contributed by atoms with van der Waals surface area (Å²) in [4.78, 5) is 0. The lowest BCUT2D eigenvalue weighted by Crippen LogP contribution is -2.20. The largest absolute Gasteiger partial charge is 0.497 e. The van der Waals surface area contributed by atoms with E-state index in [9.17, 15) is 0 Å². The Bertz CT molecular complexity index is 407. The van der Waals surface area contributed by atoms with E-state index >= 15 is 0 Å². The van der Waals surface area contributed by atoms with E-state index in [0.717, 1.165) is 24.2 Å². The number of amidine groups is 1. The van der Waals surface area contributed by atoms with Gasteiger partial charge < -0.3 is 15.7 Å². The van der Waals surface area contributed by atoms with Crippen molar-refractivity contribution in [3.63, 3.8) is 0 Å². The van der Waals surface area contributed by atoms with Crippen molar-refractivity contribution in [1.29, 1.82) is 0 Å². The van der Waals surface area contributed by atoms with E-state index in [-0.39, 0.29) is 24.2 Å².